The summed E-state index contributed by atoms with van der Waals surface area (Å²) in [7, 11) is 0. The second-order valence-electron chi connectivity index (χ2n) is 6.78. The standard InChI is InChI=1S/C20H19FN2O2/c1-12(24)23-10-17-15-7-2-3-8-16(15)19(18(17)11-23)22-20(25)13-5-4-6-14(21)9-13/h2-9,17-19H,10-11H2,1H3,(H,22,25)/t17-,18-,19-/m0/s1. The number of halogens is 1. The number of likely N-dealkylation sites (tertiary alicyclic amines) is 1. The smallest absolute Gasteiger partial charge is 0.251 e. The van der Waals surface area contributed by atoms with E-state index in [1.807, 2.05) is 23.1 Å². The molecule has 2 amide bonds. The van der Waals surface area contributed by atoms with Crippen LogP contribution in [0.15, 0.2) is 48.5 Å². The molecule has 128 valence electrons. The molecule has 0 saturated carbocycles. The van der Waals surface area contributed by atoms with Crippen LogP contribution in [0.2, 0.25) is 0 Å². The largest absolute Gasteiger partial charge is 0.345 e. The maximum Gasteiger partial charge on any atom is 0.251 e. The molecule has 0 bridgehead atoms. The fourth-order valence-corrected chi connectivity index (χ4v) is 4.15. The number of hydrogen-bond donors (Lipinski definition) is 1. The lowest BCUT2D eigenvalue weighted by molar-refractivity contribution is -0.128. The number of carbonyl (C=O) groups excluding carboxylic acids is 2. The highest BCUT2D eigenvalue weighted by Gasteiger charge is 2.47. The van der Waals surface area contributed by atoms with Crippen molar-refractivity contribution in [1.29, 1.82) is 0 Å². The van der Waals surface area contributed by atoms with Gasteiger partial charge in [0.05, 0.1) is 6.04 Å². The third-order valence-electron chi connectivity index (χ3n) is 5.34. The van der Waals surface area contributed by atoms with Crippen molar-refractivity contribution < 1.29 is 14.0 Å². The van der Waals surface area contributed by atoms with Crippen molar-refractivity contribution in [2.24, 2.45) is 5.92 Å². The number of fused-ring (bicyclic) bond motifs is 3. The first-order valence-corrected chi connectivity index (χ1v) is 8.45. The molecule has 4 nitrogen and oxygen atoms in total. The van der Waals surface area contributed by atoms with Gasteiger partial charge in [-0.15, -0.1) is 0 Å². The summed E-state index contributed by atoms with van der Waals surface area (Å²) in [5.74, 6) is -0.277. The van der Waals surface area contributed by atoms with E-state index in [0.717, 1.165) is 5.56 Å². The van der Waals surface area contributed by atoms with Gasteiger partial charge in [0.1, 0.15) is 5.82 Å². The van der Waals surface area contributed by atoms with Crippen LogP contribution in [0.5, 0.6) is 0 Å². The quantitative estimate of drug-likeness (QED) is 0.915. The van der Waals surface area contributed by atoms with Crippen molar-refractivity contribution >= 4 is 11.8 Å². The molecule has 1 N–H and O–H groups in total. The molecular weight excluding hydrogens is 319 g/mol. The normalized spacial score (nSPS) is 23.9. The first kappa shape index (κ1) is 15.8. The molecule has 4 rings (SSSR count). The van der Waals surface area contributed by atoms with E-state index in [9.17, 15) is 14.0 Å². The average Bonchev–Trinajstić information content (AvgIpc) is 3.14. The van der Waals surface area contributed by atoms with Crippen molar-refractivity contribution in [2.75, 3.05) is 13.1 Å². The third kappa shape index (κ3) is 2.69. The Balaban J connectivity index is 1.64. The molecule has 1 heterocycles. The minimum absolute atomic E-state index is 0.0575. The summed E-state index contributed by atoms with van der Waals surface area (Å²) in [5.41, 5.74) is 2.61. The molecule has 0 radical (unpaired) electrons. The minimum atomic E-state index is -0.430. The van der Waals surface area contributed by atoms with Crippen LogP contribution in [0.1, 0.15) is 40.4 Å². The van der Waals surface area contributed by atoms with Gasteiger partial charge in [0.25, 0.3) is 5.91 Å². The number of carbonyl (C=O) groups is 2. The Morgan fingerprint density at radius 3 is 2.56 bits per heavy atom. The van der Waals surface area contributed by atoms with Crippen LogP contribution in [0.4, 0.5) is 4.39 Å². The third-order valence-corrected chi connectivity index (χ3v) is 5.34. The maximum atomic E-state index is 13.4. The van der Waals surface area contributed by atoms with E-state index in [1.54, 1.807) is 13.0 Å². The molecule has 1 saturated heterocycles. The number of amides is 2. The summed E-state index contributed by atoms with van der Waals surface area (Å²) < 4.78 is 13.4. The molecule has 0 unspecified atom stereocenters. The Bertz CT molecular complexity index is 851. The lowest BCUT2D eigenvalue weighted by Gasteiger charge is -2.22. The van der Waals surface area contributed by atoms with Crippen LogP contribution in [0, 0.1) is 11.7 Å². The van der Waals surface area contributed by atoms with Crippen LogP contribution in [0.3, 0.4) is 0 Å². The topological polar surface area (TPSA) is 49.4 Å². The van der Waals surface area contributed by atoms with Crippen LogP contribution in [-0.4, -0.2) is 29.8 Å². The molecule has 0 spiro atoms. The van der Waals surface area contributed by atoms with Crippen molar-refractivity contribution in [3.8, 4) is 0 Å². The first-order valence-electron chi connectivity index (χ1n) is 8.45. The lowest BCUT2D eigenvalue weighted by Crippen LogP contribution is -2.34. The number of rotatable bonds is 2. The first-order chi connectivity index (χ1) is 12.0. The van der Waals surface area contributed by atoms with Crippen LogP contribution < -0.4 is 5.32 Å². The van der Waals surface area contributed by atoms with E-state index < -0.39 is 5.82 Å². The van der Waals surface area contributed by atoms with Gasteiger partial charge in [0, 0.05) is 37.4 Å². The number of nitrogens with zero attached hydrogens (tertiary/aromatic N) is 1. The van der Waals surface area contributed by atoms with Gasteiger partial charge in [-0.25, -0.2) is 4.39 Å². The Morgan fingerprint density at radius 2 is 1.84 bits per heavy atom. The Labute approximate surface area is 145 Å². The SMILES string of the molecule is CC(=O)N1C[C@H]2[C@@H](C1)c1ccccc1[C@@H]2NC(=O)c1cccc(F)c1. The zero-order valence-electron chi connectivity index (χ0n) is 13.9. The van der Waals surface area contributed by atoms with Crippen LogP contribution in [0.25, 0.3) is 0 Å². The minimum Gasteiger partial charge on any atom is -0.345 e. The van der Waals surface area contributed by atoms with E-state index in [0.29, 0.717) is 18.7 Å². The van der Waals surface area contributed by atoms with Gasteiger partial charge < -0.3 is 10.2 Å². The van der Waals surface area contributed by atoms with Gasteiger partial charge in [-0.3, -0.25) is 9.59 Å². The molecule has 1 fully saturated rings. The van der Waals surface area contributed by atoms with Crippen molar-refractivity contribution in [2.45, 2.75) is 18.9 Å². The van der Waals surface area contributed by atoms with Crippen LogP contribution >= 0.6 is 0 Å². The number of benzene rings is 2. The molecule has 2 aliphatic rings. The Kier molecular flexibility index (Phi) is 3.79. The molecule has 2 aromatic carbocycles. The molecule has 5 heteroatoms. The van der Waals surface area contributed by atoms with E-state index >= 15 is 0 Å². The Hall–Kier alpha value is -2.69. The summed E-state index contributed by atoms with van der Waals surface area (Å²) in [4.78, 5) is 26.2. The van der Waals surface area contributed by atoms with Crippen molar-refractivity contribution in [3.63, 3.8) is 0 Å². The van der Waals surface area contributed by atoms with Gasteiger partial charge in [0.15, 0.2) is 0 Å². The molecule has 2 aromatic rings. The molecule has 1 aliphatic heterocycles. The van der Waals surface area contributed by atoms with Gasteiger partial charge in [-0.1, -0.05) is 30.3 Å². The molecule has 25 heavy (non-hydrogen) atoms. The number of hydrogen-bond acceptors (Lipinski definition) is 2. The van der Waals surface area contributed by atoms with E-state index in [-0.39, 0.29) is 29.7 Å². The van der Waals surface area contributed by atoms with Gasteiger partial charge in [-0.05, 0) is 29.3 Å². The zero-order valence-corrected chi connectivity index (χ0v) is 13.9. The highest BCUT2D eigenvalue weighted by molar-refractivity contribution is 5.94. The van der Waals surface area contributed by atoms with E-state index in [2.05, 4.69) is 11.4 Å². The summed E-state index contributed by atoms with van der Waals surface area (Å²) in [6.07, 6.45) is 0. The van der Waals surface area contributed by atoms with Crippen molar-refractivity contribution in [1.82, 2.24) is 10.2 Å². The summed E-state index contributed by atoms with van der Waals surface area (Å²) in [6, 6.07) is 13.6. The Morgan fingerprint density at radius 1 is 1.08 bits per heavy atom. The average molecular weight is 338 g/mol. The predicted octanol–water partition coefficient (Wildman–Crippen LogP) is 2.87. The monoisotopic (exact) mass is 338 g/mol. The second-order valence-corrected chi connectivity index (χ2v) is 6.78. The lowest BCUT2D eigenvalue weighted by atomic mass is 9.94. The maximum absolute atomic E-state index is 13.4. The van der Waals surface area contributed by atoms with Gasteiger partial charge in [-0.2, -0.15) is 0 Å². The molecule has 1 aliphatic carbocycles. The molecule has 3 atom stereocenters. The fourth-order valence-electron chi connectivity index (χ4n) is 4.15. The highest BCUT2D eigenvalue weighted by Crippen LogP contribution is 2.49. The number of nitrogens with one attached hydrogen (secondary N) is 1. The van der Waals surface area contributed by atoms with Crippen LogP contribution in [-0.2, 0) is 4.79 Å². The molecule has 0 aromatic heterocycles. The summed E-state index contributed by atoms with van der Waals surface area (Å²) in [5, 5.41) is 3.07. The predicted molar refractivity (Wildman–Crippen MR) is 91.5 cm³/mol. The van der Waals surface area contributed by atoms with Crippen molar-refractivity contribution in [3.05, 3.63) is 71.0 Å². The van der Waals surface area contributed by atoms with Gasteiger partial charge >= 0.3 is 0 Å². The summed E-state index contributed by atoms with van der Waals surface area (Å²) in [6.45, 7) is 2.89. The highest BCUT2D eigenvalue weighted by atomic mass is 19.1. The van der Waals surface area contributed by atoms with E-state index in [1.165, 1.54) is 23.8 Å². The van der Waals surface area contributed by atoms with E-state index in [4.69, 9.17) is 0 Å². The van der Waals surface area contributed by atoms with Gasteiger partial charge in [0.2, 0.25) is 5.91 Å². The fraction of sp³-hybridized carbons (Fsp3) is 0.300. The zero-order chi connectivity index (χ0) is 17.6. The summed E-state index contributed by atoms with van der Waals surface area (Å²) >= 11 is 0. The molecular formula is C20H19FN2O2. The second kappa shape index (κ2) is 5.99.